The summed E-state index contributed by atoms with van der Waals surface area (Å²) in [7, 11) is -1.52. The summed E-state index contributed by atoms with van der Waals surface area (Å²) >= 11 is 3.50. The number of hydrogen-bond acceptors (Lipinski definition) is 4. The van der Waals surface area contributed by atoms with Crippen LogP contribution < -0.4 is 10.1 Å². The van der Waals surface area contributed by atoms with Crippen molar-refractivity contribution in [3.05, 3.63) is 28.2 Å². The molecule has 1 rings (SSSR count). The fraction of sp³-hybridized carbons (Fsp3) is 0.571. The van der Waals surface area contributed by atoms with Crippen molar-refractivity contribution in [2.75, 3.05) is 19.9 Å². The smallest absolute Gasteiger partial charge is 0.151 e. The molecule has 1 aromatic rings. The Morgan fingerprint density at radius 3 is 2.50 bits per heavy atom. The minimum Gasteiger partial charge on any atom is -0.497 e. The lowest BCUT2D eigenvalue weighted by molar-refractivity contribution is 0.413. The van der Waals surface area contributed by atoms with Gasteiger partial charge in [0.2, 0.25) is 0 Å². The normalized spacial score (nSPS) is 14.8. The van der Waals surface area contributed by atoms with Crippen LogP contribution in [0.4, 0.5) is 0 Å². The number of hydrogen-bond donors (Lipinski definition) is 1. The minimum atomic E-state index is -3.13. The SMILES string of the molecule is CCCNC(c1ccc(OC)cc1Br)C(C)S(C)(=O)=O. The zero-order valence-corrected chi connectivity index (χ0v) is 14.7. The maximum Gasteiger partial charge on any atom is 0.151 e. The highest BCUT2D eigenvalue weighted by Crippen LogP contribution is 2.31. The first-order valence-electron chi connectivity index (χ1n) is 6.57. The summed E-state index contributed by atoms with van der Waals surface area (Å²) in [4.78, 5) is 0. The van der Waals surface area contributed by atoms with Crippen molar-refractivity contribution in [3.63, 3.8) is 0 Å². The maximum atomic E-state index is 11.9. The minimum absolute atomic E-state index is 0.245. The topological polar surface area (TPSA) is 55.4 Å². The van der Waals surface area contributed by atoms with Crippen molar-refractivity contribution in [2.24, 2.45) is 0 Å². The molecule has 1 aromatic carbocycles. The van der Waals surface area contributed by atoms with Gasteiger partial charge in [-0.15, -0.1) is 0 Å². The van der Waals surface area contributed by atoms with E-state index in [0.717, 1.165) is 28.8 Å². The third kappa shape index (κ3) is 4.46. The molecule has 0 aliphatic heterocycles. The lowest BCUT2D eigenvalue weighted by atomic mass is 10.0. The number of benzene rings is 1. The van der Waals surface area contributed by atoms with Crippen LogP contribution in [0, 0.1) is 0 Å². The highest BCUT2D eigenvalue weighted by Gasteiger charge is 2.28. The van der Waals surface area contributed by atoms with Crippen LogP contribution in [0.5, 0.6) is 5.75 Å². The number of rotatable bonds is 7. The van der Waals surface area contributed by atoms with Gasteiger partial charge in [0, 0.05) is 16.8 Å². The van der Waals surface area contributed by atoms with Crippen molar-refractivity contribution in [3.8, 4) is 5.75 Å². The molecule has 4 nitrogen and oxygen atoms in total. The van der Waals surface area contributed by atoms with Crippen LogP contribution >= 0.6 is 15.9 Å². The van der Waals surface area contributed by atoms with E-state index in [4.69, 9.17) is 4.74 Å². The predicted octanol–water partition coefficient (Wildman–Crippen LogP) is 2.93. The summed E-state index contributed by atoms with van der Waals surface area (Å²) in [6.45, 7) is 4.56. The average Bonchev–Trinajstić information content (AvgIpc) is 2.39. The molecule has 0 saturated carbocycles. The highest BCUT2D eigenvalue weighted by atomic mass is 79.9. The Hall–Kier alpha value is -0.590. The molecule has 20 heavy (non-hydrogen) atoms. The molecule has 6 heteroatoms. The molecular weight excluding hydrogens is 342 g/mol. The highest BCUT2D eigenvalue weighted by molar-refractivity contribution is 9.10. The Kier molecular flexibility index (Phi) is 6.48. The summed E-state index contributed by atoms with van der Waals surface area (Å²) in [6, 6.07) is 5.35. The first-order chi connectivity index (χ1) is 9.31. The molecule has 0 saturated heterocycles. The van der Waals surface area contributed by atoms with Gasteiger partial charge >= 0.3 is 0 Å². The van der Waals surface area contributed by atoms with Gasteiger partial charge in [-0.05, 0) is 37.6 Å². The number of sulfone groups is 1. The Morgan fingerprint density at radius 1 is 1.40 bits per heavy atom. The first-order valence-corrected chi connectivity index (χ1v) is 9.31. The van der Waals surface area contributed by atoms with E-state index in [0.29, 0.717) is 0 Å². The van der Waals surface area contributed by atoms with Gasteiger partial charge in [0.25, 0.3) is 0 Å². The Morgan fingerprint density at radius 2 is 2.05 bits per heavy atom. The predicted molar refractivity (Wildman–Crippen MR) is 86.0 cm³/mol. The van der Waals surface area contributed by atoms with Crippen LogP contribution in [-0.2, 0) is 9.84 Å². The van der Waals surface area contributed by atoms with Gasteiger partial charge in [-0.1, -0.05) is 28.9 Å². The second kappa shape index (κ2) is 7.43. The van der Waals surface area contributed by atoms with Crippen LogP contribution in [0.25, 0.3) is 0 Å². The summed E-state index contributed by atoms with van der Waals surface area (Å²) in [5.74, 6) is 0.738. The van der Waals surface area contributed by atoms with Crippen LogP contribution in [0.2, 0.25) is 0 Å². The molecule has 0 radical (unpaired) electrons. The number of nitrogens with one attached hydrogen (secondary N) is 1. The van der Waals surface area contributed by atoms with E-state index in [-0.39, 0.29) is 6.04 Å². The Balaban J connectivity index is 3.17. The molecule has 0 aliphatic carbocycles. The third-order valence-corrected chi connectivity index (χ3v) is 5.61. The van der Waals surface area contributed by atoms with E-state index >= 15 is 0 Å². The van der Waals surface area contributed by atoms with Crippen molar-refractivity contribution in [1.82, 2.24) is 5.32 Å². The number of methoxy groups -OCH3 is 1. The van der Waals surface area contributed by atoms with Crippen LogP contribution in [0.1, 0.15) is 31.9 Å². The van der Waals surface area contributed by atoms with Gasteiger partial charge in [0.15, 0.2) is 9.84 Å². The standard InChI is InChI=1S/C14H22BrNO3S/c1-5-8-16-14(10(2)20(4,17)18)12-7-6-11(19-3)9-13(12)15/h6-7,9-10,14,16H,5,8H2,1-4H3. The lowest BCUT2D eigenvalue weighted by Gasteiger charge is -2.25. The number of halogens is 1. The summed E-state index contributed by atoms with van der Waals surface area (Å²) in [5, 5.41) is 2.82. The molecule has 0 heterocycles. The molecule has 0 bridgehead atoms. The fourth-order valence-electron chi connectivity index (χ4n) is 1.96. The van der Waals surface area contributed by atoms with Gasteiger partial charge in [-0.25, -0.2) is 8.42 Å². The van der Waals surface area contributed by atoms with Crippen molar-refractivity contribution in [1.29, 1.82) is 0 Å². The first kappa shape index (κ1) is 17.5. The molecular formula is C14H22BrNO3S. The lowest BCUT2D eigenvalue weighted by Crippen LogP contribution is -2.35. The quantitative estimate of drug-likeness (QED) is 0.808. The molecule has 0 aromatic heterocycles. The van der Waals surface area contributed by atoms with Gasteiger partial charge in [0.05, 0.1) is 12.4 Å². The molecule has 0 spiro atoms. The van der Waals surface area contributed by atoms with Gasteiger partial charge in [0.1, 0.15) is 5.75 Å². The molecule has 2 atom stereocenters. The van der Waals surface area contributed by atoms with E-state index in [1.165, 1.54) is 6.26 Å². The second-order valence-electron chi connectivity index (χ2n) is 4.85. The summed E-state index contributed by atoms with van der Waals surface area (Å²) < 4.78 is 29.7. The molecule has 2 unspecified atom stereocenters. The summed E-state index contributed by atoms with van der Waals surface area (Å²) in [5.41, 5.74) is 0.928. The third-order valence-electron chi connectivity index (χ3n) is 3.30. The summed E-state index contributed by atoms with van der Waals surface area (Å²) in [6.07, 6.45) is 2.22. The van der Waals surface area contributed by atoms with Gasteiger partial charge < -0.3 is 10.1 Å². The van der Waals surface area contributed by atoms with Crippen molar-refractivity contribution in [2.45, 2.75) is 31.6 Å². The Labute approximate surface area is 130 Å². The number of ether oxygens (including phenoxy) is 1. The van der Waals surface area contributed by atoms with Gasteiger partial charge in [-0.3, -0.25) is 0 Å². The van der Waals surface area contributed by atoms with E-state index in [2.05, 4.69) is 28.2 Å². The monoisotopic (exact) mass is 363 g/mol. The molecule has 0 amide bonds. The van der Waals surface area contributed by atoms with E-state index in [1.807, 2.05) is 18.2 Å². The molecule has 1 N–H and O–H groups in total. The average molecular weight is 364 g/mol. The van der Waals surface area contributed by atoms with E-state index < -0.39 is 15.1 Å². The largest absolute Gasteiger partial charge is 0.497 e. The van der Waals surface area contributed by atoms with Crippen LogP contribution in [0.3, 0.4) is 0 Å². The van der Waals surface area contributed by atoms with E-state index in [9.17, 15) is 8.42 Å². The molecule has 0 fully saturated rings. The maximum absolute atomic E-state index is 11.9. The van der Waals surface area contributed by atoms with Crippen molar-refractivity contribution < 1.29 is 13.2 Å². The van der Waals surface area contributed by atoms with Crippen LogP contribution in [0.15, 0.2) is 22.7 Å². The second-order valence-corrected chi connectivity index (χ2v) is 8.11. The molecule has 114 valence electrons. The van der Waals surface area contributed by atoms with E-state index in [1.54, 1.807) is 14.0 Å². The zero-order chi connectivity index (χ0) is 15.3. The fourth-order valence-corrected chi connectivity index (χ4v) is 3.30. The van der Waals surface area contributed by atoms with Crippen LogP contribution in [-0.4, -0.2) is 33.6 Å². The van der Waals surface area contributed by atoms with Gasteiger partial charge in [-0.2, -0.15) is 0 Å². The molecule has 0 aliphatic rings. The van der Waals surface area contributed by atoms with Crippen molar-refractivity contribution >= 4 is 25.8 Å². The zero-order valence-electron chi connectivity index (χ0n) is 12.3. The Bertz CT molecular complexity index is 545.